The number of halogens is 2. The van der Waals surface area contributed by atoms with E-state index < -0.39 is 11.8 Å². The van der Waals surface area contributed by atoms with Crippen LogP contribution in [0, 0.1) is 5.82 Å². The molecule has 1 heterocycles. The van der Waals surface area contributed by atoms with E-state index >= 15 is 0 Å². The van der Waals surface area contributed by atoms with Crippen LogP contribution in [0.5, 0.6) is 0 Å². The van der Waals surface area contributed by atoms with Crippen molar-refractivity contribution in [3.8, 4) is 0 Å². The molecule has 0 spiro atoms. The van der Waals surface area contributed by atoms with Gasteiger partial charge in [-0.3, -0.25) is 0 Å². The molecule has 0 saturated carbocycles. The Balaban J connectivity index is 2.48. The van der Waals surface area contributed by atoms with Crippen molar-refractivity contribution in [2.24, 2.45) is 0 Å². The Morgan fingerprint density at radius 3 is 2.94 bits per heavy atom. The van der Waals surface area contributed by atoms with Crippen LogP contribution in [0.1, 0.15) is 17.4 Å². The Hall–Kier alpha value is -1.55. The lowest BCUT2D eigenvalue weighted by Gasteiger charge is -1.96. The lowest BCUT2D eigenvalue weighted by Crippen LogP contribution is -2.04. The van der Waals surface area contributed by atoms with Crippen LogP contribution in [0.25, 0.3) is 10.9 Å². The number of nitrogens with one attached hydrogen (secondary N) is 1. The molecule has 0 fully saturated rings. The van der Waals surface area contributed by atoms with Gasteiger partial charge in [0.05, 0.1) is 11.6 Å². The van der Waals surface area contributed by atoms with Crippen molar-refractivity contribution in [1.82, 2.24) is 4.98 Å². The number of hydrogen-bond acceptors (Lipinski definition) is 2. The Morgan fingerprint density at radius 2 is 2.25 bits per heavy atom. The normalized spacial score (nSPS) is 10.7. The summed E-state index contributed by atoms with van der Waals surface area (Å²) in [7, 11) is 0. The van der Waals surface area contributed by atoms with Gasteiger partial charge in [-0.25, -0.2) is 9.18 Å². The number of H-pyrrole nitrogens is 1. The maximum atomic E-state index is 13.1. The molecule has 0 bridgehead atoms. The van der Waals surface area contributed by atoms with Crippen molar-refractivity contribution in [2.45, 2.75) is 6.92 Å². The number of esters is 1. The standard InChI is InChI=1S/C11H9ClFNO2/c1-2-16-11(15)10-4-6-3-8(13)7(12)5-9(6)14-10/h3-5,14H,2H2,1H3. The zero-order valence-electron chi connectivity index (χ0n) is 8.51. The first-order valence-electron chi connectivity index (χ1n) is 4.76. The number of carbonyl (C=O) groups excluding carboxylic acids is 1. The minimum Gasteiger partial charge on any atom is -0.461 e. The fourth-order valence-corrected chi connectivity index (χ4v) is 1.61. The molecule has 0 aliphatic heterocycles. The summed E-state index contributed by atoms with van der Waals surface area (Å²) in [6.45, 7) is 2.01. The fraction of sp³-hybridized carbons (Fsp3) is 0.182. The summed E-state index contributed by atoms with van der Waals surface area (Å²) in [5, 5.41) is 0.606. The first kappa shape index (κ1) is 11.0. The fourth-order valence-electron chi connectivity index (χ4n) is 1.45. The van der Waals surface area contributed by atoms with Crippen LogP contribution in [0.4, 0.5) is 4.39 Å². The van der Waals surface area contributed by atoms with Gasteiger partial charge in [0.1, 0.15) is 11.5 Å². The van der Waals surface area contributed by atoms with Crippen LogP contribution in [0.15, 0.2) is 18.2 Å². The van der Waals surface area contributed by atoms with Gasteiger partial charge in [-0.15, -0.1) is 0 Å². The maximum absolute atomic E-state index is 13.1. The van der Waals surface area contributed by atoms with E-state index in [0.29, 0.717) is 23.2 Å². The Kier molecular flexibility index (Phi) is 2.83. The van der Waals surface area contributed by atoms with Gasteiger partial charge < -0.3 is 9.72 Å². The molecule has 0 saturated heterocycles. The summed E-state index contributed by atoms with van der Waals surface area (Å²) in [4.78, 5) is 14.2. The first-order valence-corrected chi connectivity index (χ1v) is 5.14. The molecule has 0 amide bonds. The predicted octanol–water partition coefficient (Wildman–Crippen LogP) is 3.14. The zero-order chi connectivity index (χ0) is 11.7. The van der Waals surface area contributed by atoms with Crippen LogP contribution in [0.3, 0.4) is 0 Å². The summed E-state index contributed by atoms with van der Waals surface area (Å²) in [5.41, 5.74) is 0.896. The predicted molar refractivity (Wildman–Crippen MR) is 59.2 cm³/mol. The molecular formula is C11H9ClFNO2. The van der Waals surface area contributed by atoms with E-state index in [1.165, 1.54) is 18.2 Å². The molecule has 1 aromatic carbocycles. The maximum Gasteiger partial charge on any atom is 0.354 e. The number of aromatic nitrogens is 1. The molecule has 0 aliphatic carbocycles. The number of carbonyl (C=O) groups is 1. The van der Waals surface area contributed by atoms with E-state index in [1.807, 2.05) is 0 Å². The van der Waals surface area contributed by atoms with E-state index in [-0.39, 0.29) is 5.02 Å². The molecule has 1 aromatic heterocycles. The highest BCUT2D eigenvalue weighted by Gasteiger charge is 2.11. The smallest absolute Gasteiger partial charge is 0.354 e. The van der Waals surface area contributed by atoms with E-state index in [2.05, 4.69) is 4.98 Å². The topological polar surface area (TPSA) is 42.1 Å². The molecule has 84 valence electrons. The summed E-state index contributed by atoms with van der Waals surface area (Å²) in [5.74, 6) is -0.973. The number of fused-ring (bicyclic) bond motifs is 1. The Bertz CT molecular complexity index is 511. The van der Waals surface area contributed by atoms with Gasteiger partial charge in [-0.05, 0) is 25.1 Å². The molecule has 16 heavy (non-hydrogen) atoms. The average molecular weight is 242 g/mol. The molecule has 2 aromatic rings. The number of rotatable bonds is 2. The third kappa shape index (κ3) is 1.88. The second-order valence-electron chi connectivity index (χ2n) is 3.26. The van der Waals surface area contributed by atoms with Crippen molar-refractivity contribution in [3.63, 3.8) is 0 Å². The second kappa shape index (κ2) is 4.14. The largest absolute Gasteiger partial charge is 0.461 e. The van der Waals surface area contributed by atoms with Gasteiger partial charge in [0.25, 0.3) is 0 Å². The van der Waals surface area contributed by atoms with E-state index in [0.717, 1.165) is 0 Å². The van der Waals surface area contributed by atoms with Crippen LogP contribution in [0.2, 0.25) is 5.02 Å². The minimum atomic E-state index is -0.511. The van der Waals surface area contributed by atoms with Crippen molar-refractivity contribution in [1.29, 1.82) is 0 Å². The van der Waals surface area contributed by atoms with Crippen molar-refractivity contribution < 1.29 is 13.9 Å². The summed E-state index contributed by atoms with van der Waals surface area (Å²) in [6.07, 6.45) is 0. The number of benzene rings is 1. The van der Waals surface area contributed by atoms with Gasteiger partial charge >= 0.3 is 5.97 Å². The van der Waals surface area contributed by atoms with E-state index in [4.69, 9.17) is 16.3 Å². The molecule has 0 radical (unpaired) electrons. The lowest BCUT2D eigenvalue weighted by atomic mass is 10.2. The van der Waals surface area contributed by atoms with E-state index in [9.17, 15) is 9.18 Å². The van der Waals surface area contributed by atoms with Gasteiger partial charge in [0.15, 0.2) is 0 Å². The molecule has 0 aliphatic rings. The highest BCUT2D eigenvalue weighted by molar-refractivity contribution is 6.31. The molecule has 3 nitrogen and oxygen atoms in total. The number of ether oxygens (including phenoxy) is 1. The van der Waals surface area contributed by atoms with Crippen LogP contribution >= 0.6 is 11.6 Å². The van der Waals surface area contributed by atoms with Gasteiger partial charge in [0.2, 0.25) is 0 Å². The van der Waals surface area contributed by atoms with Crippen molar-refractivity contribution >= 4 is 28.5 Å². The zero-order valence-corrected chi connectivity index (χ0v) is 9.27. The summed E-state index contributed by atoms with van der Waals surface area (Å²) < 4.78 is 18.0. The highest BCUT2D eigenvalue weighted by atomic mass is 35.5. The van der Waals surface area contributed by atoms with Gasteiger partial charge in [-0.2, -0.15) is 0 Å². The van der Waals surface area contributed by atoms with Crippen LogP contribution in [-0.2, 0) is 4.74 Å². The molecular weight excluding hydrogens is 233 g/mol. The quantitative estimate of drug-likeness (QED) is 0.821. The Morgan fingerprint density at radius 1 is 1.50 bits per heavy atom. The van der Waals surface area contributed by atoms with Crippen molar-refractivity contribution in [2.75, 3.05) is 6.61 Å². The first-order chi connectivity index (χ1) is 7.61. The Labute approximate surface area is 96.2 Å². The third-order valence-electron chi connectivity index (χ3n) is 2.16. The van der Waals surface area contributed by atoms with Crippen LogP contribution < -0.4 is 0 Å². The minimum absolute atomic E-state index is 0.0183. The molecule has 1 N–H and O–H groups in total. The number of aromatic amines is 1. The third-order valence-corrected chi connectivity index (χ3v) is 2.45. The molecule has 5 heteroatoms. The molecule has 0 atom stereocenters. The SMILES string of the molecule is CCOC(=O)c1cc2cc(F)c(Cl)cc2[nH]1. The van der Waals surface area contributed by atoms with E-state index in [1.54, 1.807) is 6.92 Å². The van der Waals surface area contributed by atoms with Crippen molar-refractivity contribution in [3.05, 3.63) is 34.7 Å². The summed E-state index contributed by atoms with van der Waals surface area (Å²) in [6, 6.07) is 4.25. The molecule has 2 rings (SSSR count). The molecule has 0 unspecified atom stereocenters. The van der Waals surface area contributed by atoms with Gasteiger partial charge in [0, 0.05) is 10.9 Å². The lowest BCUT2D eigenvalue weighted by molar-refractivity contribution is 0.0520. The number of hydrogen-bond donors (Lipinski definition) is 1. The average Bonchev–Trinajstić information content (AvgIpc) is 2.62. The second-order valence-corrected chi connectivity index (χ2v) is 3.66. The monoisotopic (exact) mass is 241 g/mol. The van der Waals surface area contributed by atoms with Gasteiger partial charge in [-0.1, -0.05) is 11.6 Å². The van der Waals surface area contributed by atoms with Crippen LogP contribution in [-0.4, -0.2) is 17.6 Å². The summed E-state index contributed by atoms with van der Waals surface area (Å²) >= 11 is 5.63. The highest BCUT2D eigenvalue weighted by Crippen LogP contribution is 2.23.